The molecule has 0 aromatic rings. The lowest BCUT2D eigenvalue weighted by molar-refractivity contribution is -0.137. The Balaban J connectivity index is 1.99. The van der Waals surface area contributed by atoms with Gasteiger partial charge in [0.2, 0.25) is 0 Å². The van der Waals surface area contributed by atoms with Crippen LogP contribution in [0.25, 0.3) is 0 Å². The number of hydrogen-bond acceptors (Lipinski definition) is 3. The standard InChI is InChI=1S/C26H44O4/c1-2-3-7-14-21(27)17-18-23-22(15-10-4-5-11-16-26(29)30)24(19-25(23)28)20-12-8-6-9-13-20/h17-18,20-21,23,25,27-28H,2-16,19H2,1H3,(H,29,30)/t21-,23+,25+/m0/s1. The van der Waals surface area contributed by atoms with E-state index in [-0.39, 0.29) is 18.4 Å². The van der Waals surface area contributed by atoms with Crippen LogP contribution in [0.5, 0.6) is 0 Å². The highest BCUT2D eigenvalue weighted by Gasteiger charge is 2.35. The topological polar surface area (TPSA) is 77.8 Å². The van der Waals surface area contributed by atoms with Crippen molar-refractivity contribution in [3.8, 4) is 0 Å². The number of hydrogen-bond donors (Lipinski definition) is 3. The number of aliphatic hydroxyl groups is 2. The molecule has 4 heteroatoms. The molecule has 1 saturated carbocycles. The third-order valence-corrected chi connectivity index (χ3v) is 6.99. The van der Waals surface area contributed by atoms with Gasteiger partial charge in [0.15, 0.2) is 0 Å². The molecule has 3 N–H and O–H groups in total. The van der Waals surface area contributed by atoms with Gasteiger partial charge in [0.25, 0.3) is 0 Å². The fourth-order valence-electron chi connectivity index (χ4n) is 5.27. The Morgan fingerprint density at radius 3 is 2.50 bits per heavy atom. The summed E-state index contributed by atoms with van der Waals surface area (Å²) in [5.74, 6) is -0.0380. The molecule has 0 unspecified atom stereocenters. The van der Waals surface area contributed by atoms with Crippen LogP contribution in [0.15, 0.2) is 23.3 Å². The third kappa shape index (κ3) is 8.55. The lowest BCUT2D eigenvalue weighted by Gasteiger charge is -2.25. The molecule has 0 bridgehead atoms. The van der Waals surface area contributed by atoms with Crippen molar-refractivity contribution in [3.63, 3.8) is 0 Å². The van der Waals surface area contributed by atoms with Crippen LogP contribution < -0.4 is 0 Å². The molecule has 2 rings (SSSR count). The lowest BCUT2D eigenvalue weighted by atomic mass is 9.81. The molecule has 1 fully saturated rings. The van der Waals surface area contributed by atoms with E-state index in [1.807, 2.05) is 6.08 Å². The fourth-order valence-corrected chi connectivity index (χ4v) is 5.27. The van der Waals surface area contributed by atoms with Crippen LogP contribution in [-0.2, 0) is 4.79 Å². The number of carboxylic acid groups (broad SMARTS) is 1. The highest BCUT2D eigenvalue weighted by molar-refractivity contribution is 5.66. The molecule has 3 atom stereocenters. The number of carbonyl (C=O) groups is 1. The maximum absolute atomic E-state index is 10.8. The second-order valence-electron chi connectivity index (χ2n) is 9.44. The van der Waals surface area contributed by atoms with Crippen molar-refractivity contribution in [2.24, 2.45) is 11.8 Å². The van der Waals surface area contributed by atoms with Crippen LogP contribution in [0.4, 0.5) is 0 Å². The zero-order chi connectivity index (χ0) is 21.8. The van der Waals surface area contributed by atoms with E-state index in [0.717, 1.165) is 64.2 Å². The summed E-state index contributed by atoms with van der Waals surface area (Å²) in [5, 5.41) is 30.0. The smallest absolute Gasteiger partial charge is 0.303 e. The molecule has 0 aromatic heterocycles. The van der Waals surface area contributed by atoms with Gasteiger partial charge in [-0.3, -0.25) is 4.79 Å². The monoisotopic (exact) mass is 420 g/mol. The zero-order valence-corrected chi connectivity index (χ0v) is 19.0. The molecule has 0 radical (unpaired) electrons. The summed E-state index contributed by atoms with van der Waals surface area (Å²) in [5.41, 5.74) is 2.92. The van der Waals surface area contributed by atoms with Gasteiger partial charge < -0.3 is 15.3 Å². The van der Waals surface area contributed by atoms with E-state index in [0.29, 0.717) is 5.92 Å². The lowest BCUT2D eigenvalue weighted by Crippen LogP contribution is -2.15. The minimum atomic E-state index is -0.709. The van der Waals surface area contributed by atoms with Crippen molar-refractivity contribution in [1.29, 1.82) is 0 Å². The quantitative estimate of drug-likeness (QED) is 0.232. The maximum Gasteiger partial charge on any atom is 0.303 e. The third-order valence-electron chi connectivity index (χ3n) is 6.99. The molecule has 2 aliphatic carbocycles. The van der Waals surface area contributed by atoms with E-state index in [4.69, 9.17) is 5.11 Å². The first-order valence-electron chi connectivity index (χ1n) is 12.5. The van der Waals surface area contributed by atoms with Crippen molar-refractivity contribution in [3.05, 3.63) is 23.3 Å². The van der Waals surface area contributed by atoms with E-state index in [9.17, 15) is 15.0 Å². The number of rotatable bonds is 14. The van der Waals surface area contributed by atoms with Gasteiger partial charge in [-0.2, -0.15) is 0 Å². The van der Waals surface area contributed by atoms with E-state index in [1.165, 1.54) is 43.3 Å². The highest BCUT2D eigenvalue weighted by Crippen LogP contribution is 2.44. The summed E-state index contributed by atoms with van der Waals surface area (Å²) in [6.45, 7) is 2.17. The summed E-state index contributed by atoms with van der Waals surface area (Å²) >= 11 is 0. The first kappa shape index (κ1) is 25.1. The Morgan fingerprint density at radius 2 is 1.80 bits per heavy atom. The first-order valence-corrected chi connectivity index (χ1v) is 12.5. The van der Waals surface area contributed by atoms with E-state index >= 15 is 0 Å². The Bertz CT molecular complexity index is 559. The van der Waals surface area contributed by atoms with Gasteiger partial charge in [0.1, 0.15) is 0 Å². The van der Waals surface area contributed by atoms with Crippen LogP contribution >= 0.6 is 0 Å². The average Bonchev–Trinajstić information content (AvgIpc) is 3.05. The molecule has 0 aliphatic heterocycles. The first-order chi connectivity index (χ1) is 14.5. The highest BCUT2D eigenvalue weighted by atomic mass is 16.4. The van der Waals surface area contributed by atoms with Gasteiger partial charge in [0, 0.05) is 12.3 Å². The Hall–Kier alpha value is -1.13. The number of aliphatic hydroxyl groups excluding tert-OH is 2. The molecule has 0 heterocycles. The minimum absolute atomic E-state index is 0.0433. The van der Waals surface area contributed by atoms with Gasteiger partial charge in [-0.25, -0.2) is 0 Å². The van der Waals surface area contributed by atoms with Crippen molar-refractivity contribution < 1.29 is 20.1 Å². The van der Waals surface area contributed by atoms with Crippen LogP contribution in [0, 0.1) is 11.8 Å². The predicted octanol–water partition coefficient (Wildman–Crippen LogP) is 6.17. The summed E-state index contributed by atoms with van der Waals surface area (Å²) in [7, 11) is 0. The molecule has 0 aromatic carbocycles. The SMILES string of the molecule is CCCCC[C@H](O)C=C[C@@H]1C(CCCCCCC(=O)O)=C(C2CCCCC2)C[C@H]1O. The summed E-state index contributed by atoms with van der Waals surface area (Å²) in [4.78, 5) is 10.7. The number of aliphatic carboxylic acids is 1. The van der Waals surface area contributed by atoms with Gasteiger partial charge in [-0.15, -0.1) is 0 Å². The second kappa shape index (κ2) is 14.0. The zero-order valence-electron chi connectivity index (χ0n) is 19.0. The van der Waals surface area contributed by atoms with Crippen molar-refractivity contribution in [2.45, 2.75) is 122 Å². The largest absolute Gasteiger partial charge is 0.481 e. The number of unbranched alkanes of at least 4 members (excludes halogenated alkanes) is 5. The normalized spacial score (nSPS) is 24.1. The molecular weight excluding hydrogens is 376 g/mol. The van der Waals surface area contributed by atoms with Gasteiger partial charge in [-0.05, 0) is 50.9 Å². The van der Waals surface area contributed by atoms with Crippen LogP contribution in [0.2, 0.25) is 0 Å². The van der Waals surface area contributed by atoms with Crippen LogP contribution in [0.1, 0.15) is 110 Å². The molecule has 0 amide bonds. The minimum Gasteiger partial charge on any atom is -0.481 e. The molecule has 30 heavy (non-hydrogen) atoms. The predicted molar refractivity (Wildman–Crippen MR) is 122 cm³/mol. The van der Waals surface area contributed by atoms with E-state index < -0.39 is 12.1 Å². The van der Waals surface area contributed by atoms with Gasteiger partial charge in [0.05, 0.1) is 12.2 Å². The molecule has 172 valence electrons. The number of carboxylic acids is 1. The molecule has 2 aliphatic rings. The average molecular weight is 421 g/mol. The van der Waals surface area contributed by atoms with Crippen molar-refractivity contribution in [2.75, 3.05) is 0 Å². The Morgan fingerprint density at radius 1 is 1.07 bits per heavy atom. The molecular formula is C26H44O4. The molecule has 4 nitrogen and oxygen atoms in total. The summed E-state index contributed by atoms with van der Waals surface area (Å²) in [6, 6.07) is 0. The fraction of sp³-hybridized carbons (Fsp3) is 0.808. The van der Waals surface area contributed by atoms with Crippen molar-refractivity contribution in [1.82, 2.24) is 0 Å². The van der Waals surface area contributed by atoms with Crippen molar-refractivity contribution >= 4 is 5.97 Å². The Kier molecular flexibility index (Phi) is 11.8. The van der Waals surface area contributed by atoms with Crippen LogP contribution in [0.3, 0.4) is 0 Å². The van der Waals surface area contributed by atoms with Gasteiger partial charge >= 0.3 is 5.97 Å². The van der Waals surface area contributed by atoms with E-state index in [1.54, 1.807) is 0 Å². The second-order valence-corrected chi connectivity index (χ2v) is 9.44. The summed E-state index contributed by atoms with van der Waals surface area (Å²) < 4.78 is 0. The maximum atomic E-state index is 10.8. The molecule has 0 saturated heterocycles. The van der Waals surface area contributed by atoms with Crippen LogP contribution in [-0.4, -0.2) is 33.5 Å². The Labute approximate surface area is 183 Å². The summed E-state index contributed by atoms with van der Waals surface area (Å²) in [6.07, 6.45) is 19.6. The van der Waals surface area contributed by atoms with Gasteiger partial charge in [-0.1, -0.05) is 81.6 Å². The molecule has 0 spiro atoms. The van der Waals surface area contributed by atoms with E-state index in [2.05, 4.69) is 13.0 Å².